The molecule has 0 amide bonds. The molecule has 0 radical (unpaired) electrons. The first-order valence-corrected chi connectivity index (χ1v) is 6.22. The minimum absolute atomic E-state index is 0.0833. The van der Waals surface area contributed by atoms with E-state index in [2.05, 4.69) is 53.7 Å². The van der Waals surface area contributed by atoms with Gasteiger partial charge in [0.1, 0.15) is 0 Å². The Kier molecular flexibility index (Phi) is 3.32. The van der Waals surface area contributed by atoms with Crippen LogP contribution in [-0.2, 0) is 5.41 Å². The van der Waals surface area contributed by atoms with E-state index >= 15 is 0 Å². The molecular weight excluding hydrogens is 204 g/mol. The Hall–Kier alpha value is -0.340. The van der Waals surface area contributed by atoms with Gasteiger partial charge in [-0.2, -0.15) is 0 Å². The third-order valence-corrected chi connectivity index (χ3v) is 4.02. The molecule has 0 fully saturated rings. The van der Waals surface area contributed by atoms with Crippen LogP contribution in [0, 0.1) is 5.41 Å². The van der Waals surface area contributed by atoms with Crippen molar-refractivity contribution in [1.29, 1.82) is 0 Å². The smallest absolute Gasteiger partial charge is 0.0930 e. The SMILES string of the molecule is CC(C)(C)c1ccc(C(O)C(C)(C)C)s1. The number of aliphatic hydroxyl groups is 1. The molecule has 0 aromatic carbocycles. The fourth-order valence-electron chi connectivity index (χ4n) is 1.33. The number of thiophene rings is 1. The first-order valence-electron chi connectivity index (χ1n) is 5.40. The predicted octanol–water partition coefficient (Wildman–Crippen LogP) is 4.13. The Morgan fingerprint density at radius 2 is 1.60 bits per heavy atom. The van der Waals surface area contributed by atoms with Gasteiger partial charge in [-0.25, -0.2) is 0 Å². The van der Waals surface area contributed by atoms with Crippen molar-refractivity contribution in [2.45, 2.75) is 53.1 Å². The quantitative estimate of drug-likeness (QED) is 0.763. The monoisotopic (exact) mass is 226 g/mol. The average Bonchev–Trinajstić information content (AvgIpc) is 2.47. The van der Waals surface area contributed by atoms with E-state index < -0.39 is 0 Å². The molecule has 0 saturated heterocycles. The van der Waals surface area contributed by atoms with Crippen molar-refractivity contribution in [2.75, 3.05) is 0 Å². The summed E-state index contributed by atoms with van der Waals surface area (Å²) in [5.41, 5.74) is 0.0977. The minimum atomic E-state index is -0.362. The summed E-state index contributed by atoms with van der Waals surface area (Å²) in [6, 6.07) is 4.19. The molecule has 1 N–H and O–H groups in total. The van der Waals surface area contributed by atoms with Gasteiger partial charge in [-0.05, 0) is 23.0 Å². The largest absolute Gasteiger partial charge is 0.387 e. The van der Waals surface area contributed by atoms with E-state index in [0.29, 0.717) is 0 Å². The molecule has 1 aromatic rings. The lowest BCUT2D eigenvalue weighted by Crippen LogP contribution is -2.16. The molecule has 0 aliphatic rings. The molecule has 1 nitrogen and oxygen atoms in total. The second-order valence-corrected chi connectivity index (χ2v) is 7.34. The summed E-state index contributed by atoms with van der Waals surface area (Å²) < 4.78 is 0. The Morgan fingerprint density at radius 3 is 1.93 bits per heavy atom. The van der Waals surface area contributed by atoms with Crippen LogP contribution in [0.25, 0.3) is 0 Å². The maximum atomic E-state index is 10.1. The van der Waals surface area contributed by atoms with Crippen LogP contribution in [0.15, 0.2) is 12.1 Å². The van der Waals surface area contributed by atoms with Crippen LogP contribution in [0.4, 0.5) is 0 Å². The number of rotatable bonds is 1. The van der Waals surface area contributed by atoms with Crippen molar-refractivity contribution in [3.63, 3.8) is 0 Å². The van der Waals surface area contributed by atoms with Crippen LogP contribution >= 0.6 is 11.3 Å². The standard InChI is InChI=1S/C13H22OS/c1-12(2,3)10-8-7-9(15-10)11(14)13(4,5)6/h7-8,11,14H,1-6H3. The Labute approximate surface area is 97.2 Å². The van der Waals surface area contributed by atoms with Crippen LogP contribution in [0.5, 0.6) is 0 Å². The maximum Gasteiger partial charge on any atom is 0.0930 e. The molecule has 1 rings (SSSR count). The van der Waals surface area contributed by atoms with Gasteiger partial charge < -0.3 is 5.11 Å². The van der Waals surface area contributed by atoms with Gasteiger partial charge in [-0.1, -0.05) is 41.5 Å². The van der Waals surface area contributed by atoms with Gasteiger partial charge in [0.2, 0.25) is 0 Å². The summed E-state index contributed by atoms with van der Waals surface area (Å²) >= 11 is 1.72. The van der Waals surface area contributed by atoms with Crippen molar-refractivity contribution in [3.05, 3.63) is 21.9 Å². The second kappa shape index (κ2) is 3.91. The molecular formula is C13H22OS. The van der Waals surface area contributed by atoms with Gasteiger partial charge in [0.05, 0.1) is 6.10 Å². The van der Waals surface area contributed by atoms with Gasteiger partial charge >= 0.3 is 0 Å². The molecule has 0 spiro atoms. The zero-order chi connectivity index (χ0) is 11.9. The summed E-state index contributed by atoms with van der Waals surface area (Å²) in [6.07, 6.45) is -0.362. The van der Waals surface area contributed by atoms with E-state index in [9.17, 15) is 5.11 Å². The molecule has 0 bridgehead atoms. The van der Waals surface area contributed by atoms with Gasteiger partial charge in [-0.15, -0.1) is 11.3 Å². The lowest BCUT2D eigenvalue weighted by atomic mass is 9.88. The molecule has 86 valence electrons. The van der Waals surface area contributed by atoms with E-state index in [0.717, 1.165) is 4.88 Å². The normalized spacial score (nSPS) is 15.4. The molecule has 1 heterocycles. The van der Waals surface area contributed by atoms with E-state index in [1.807, 2.05) is 0 Å². The van der Waals surface area contributed by atoms with Crippen LogP contribution in [0.3, 0.4) is 0 Å². The van der Waals surface area contributed by atoms with E-state index in [1.54, 1.807) is 11.3 Å². The lowest BCUT2D eigenvalue weighted by molar-refractivity contribution is 0.0658. The highest BCUT2D eigenvalue weighted by atomic mass is 32.1. The topological polar surface area (TPSA) is 20.2 Å². The zero-order valence-corrected chi connectivity index (χ0v) is 11.4. The molecule has 0 aliphatic carbocycles. The molecule has 0 saturated carbocycles. The molecule has 1 atom stereocenters. The summed E-state index contributed by atoms with van der Waals surface area (Å²) in [4.78, 5) is 2.41. The van der Waals surface area contributed by atoms with Crippen molar-refractivity contribution in [3.8, 4) is 0 Å². The second-order valence-electron chi connectivity index (χ2n) is 6.22. The molecule has 15 heavy (non-hydrogen) atoms. The van der Waals surface area contributed by atoms with Crippen LogP contribution in [0.2, 0.25) is 0 Å². The van der Waals surface area contributed by atoms with E-state index in [-0.39, 0.29) is 16.9 Å². The molecule has 2 heteroatoms. The Bertz CT molecular complexity index is 325. The molecule has 1 aromatic heterocycles. The van der Waals surface area contributed by atoms with Gasteiger partial charge in [0.25, 0.3) is 0 Å². The van der Waals surface area contributed by atoms with Gasteiger partial charge in [0, 0.05) is 9.75 Å². The summed E-state index contributed by atoms with van der Waals surface area (Å²) in [5.74, 6) is 0. The van der Waals surface area contributed by atoms with Crippen molar-refractivity contribution in [2.24, 2.45) is 5.41 Å². The summed E-state index contributed by atoms with van der Waals surface area (Å²) in [6.45, 7) is 12.8. The third-order valence-electron chi connectivity index (χ3n) is 2.46. The first-order chi connectivity index (χ1) is 6.62. The van der Waals surface area contributed by atoms with Crippen molar-refractivity contribution < 1.29 is 5.11 Å². The zero-order valence-electron chi connectivity index (χ0n) is 10.6. The minimum Gasteiger partial charge on any atom is -0.387 e. The highest BCUT2D eigenvalue weighted by molar-refractivity contribution is 7.12. The van der Waals surface area contributed by atoms with Crippen LogP contribution < -0.4 is 0 Å². The Morgan fingerprint density at radius 1 is 1.07 bits per heavy atom. The maximum absolute atomic E-state index is 10.1. The van der Waals surface area contributed by atoms with Crippen molar-refractivity contribution >= 4 is 11.3 Å². The number of hydrogen-bond donors (Lipinski definition) is 1. The highest BCUT2D eigenvalue weighted by Crippen LogP contribution is 2.38. The summed E-state index contributed by atoms with van der Waals surface area (Å²) in [7, 11) is 0. The fraction of sp³-hybridized carbons (Fsp3) is 0.692. The van der Waals surface area contributed by atoms with Crippen LogP contribution in [0.1, 0.15) is 57.4 Å². The van der Waals surface area contributed by atoms with Crippen LogP contribution in [-0.4, -0.2) is 5.11 Å². The van der Waals surface area contributed by atoms with Gasteiger partial charge in [0.15, 0.2) is 0 Å². The fourth-order valence-corrected chi connectivity index (χ4v) is 2.63. The van der Waals surface area contributed by atoms with Crippen molar-refractivity contribution in [1.82, 2.24) is 0 Å². The lowest BCUT2D eigenvalue weighted by Gasteiger charge is -2.25. The number of aliphatic hydroxyl groups excluding tert-OH is 1. The van der Waals surface area contributed by atoms with E-state index in [4.69, 9.17) is 0 Å². The average molecular weight is 226 g/mol. The predicted molar refractivity (Wildman–Crippen MR) is 67.4 cm³/mol. The van der Waals surface area contributed by atoms with Gasteiger partial charge in [-0.3, -0.25) is 0 Å². The van der Waals surface area contributed by atoms with E-state index in [1.165, 1.54) is 4.88 Å². The Balaban J connectivity index is 2.95. The summed E-state index contributed by atoms with van der Waals surface area (Å²) in [5, 5.41) is 10.1. The first kappa shape index (κ1) is 12.7. The number of hydrogen-bond acceptors (Lipinski definition) is 2. The third kappa shape index (κ3) is 3.05. The molecule has 0 aliphatic heterocycles. The highest BCUT2D eigenvalue weighted by Gasteiger charge is 2.26. The molecule has 1 unspecified atom stereocenters.